The van der Waals surface area contributed by atoms with Gasteiger partial charge in [-0.25, -0.2) is 15.0 Å². The van der Waals surface area contributed by atoms with Crippen molar-refractivity contribution in [1.29, 1.82) is 0 Å². The molecule has 2 amide bonds. The molecule has 20 heteroatoms. The first kappa shape index (κ1) is 49.2. The van der Waals surface area contributed by atoms with Gasteiger partial charge in [-0.05, 0) is 60.4 Å². The molecule has 3 aliphatic rings. The van der Waals surface area contributed by atoms with Gasteiger partial charge in [-0.3, -0.25) is 42.7 Å². The Morgan fingerprint density at radius 3 is 1.86 bits per heavy atom. The number of fused-ring (bicyclic) bond motifs is 2. The zero-order chi connectivity index (χ0) is 49.3. The molecule has 16 nitrogen and oxygen atoms in total. The molecule has 8 heterocycles. The number of hydrogen-bond donors (Lipinski definition) is 2. The van der Waals surface area contributed by atoms with E-state index in [9.17, 15) is 19.2 Å². The van der Waals surface area contributed by atoms with E-state index in [2.05, 4.69) is 25.5 Å². The number of imidazole rings is 1. The highest BCUT2D eigenvalue weighted by atomic mass is 32.2. The van der Waals surface area contributed by atoms with Gasteiger partial charge in [0.2, 0.25) is 0 Å². The van der Waals surface area contributed by atoms with Crippen LogP contribution >= 0.6 is 48.0 Å². The number of nitrogens with one attached hydrogen (secondary N) is 2. The smallest absolute Gasteiger partial charge is 0.267 e. The number of morpholine rings is 1. The summed E-state index contributed by atoms with van der Waals surface area (Å²) in [6, 6.07) is 28.5. The largest absolute Gasteiger partial charge is 0.379 e. The normalized spacial score (nSPS) is 16.4. The van der Waals surface area contributed by atoms with Crippen molar-refractivity contribution in [2.75, 3.05) is 56.6 Å². The van der Waals surface area contributed by atoms with Crippen LogP contribution in [0, 0.1) is 6.92 Å². The zero-order valence-electron chi connectivity index (χ0n) is 38.7. The van der Waals surface area contributed by atoms with Gasteiger partial charge < -0.3 is 19.9 Å². The summed E-state index contributed by atoms with van der Waals surface area (Å²) in [4.78, 5) is 73.2. The number of ether oxygens (including phenoxy) is 1. The Hall–Kier alpha value is -6.81. The van der Waals surface area contributed by atoms with Crippen molar-refractivity contribution in [1.82, 2.24) is 43.0 Å². The summed E-state index contributed by atoms with van der Waals surface area (Å²) >= 11 is 13.4. The average Bonchev–Trinajstić information content (AvgIpc) is 4.08. The molecule has 0 atom stereocenters. The lowest BCUT2D eigenvalue weighted by Crippen LogP contribution is -2.39. The number of thioether (sulfide) groups is 2. The van der Waals surface area contributed by atoms with Gasteiger partial charge in [0, 0.05) is 64.1 Å². The third-order valence-electron chi connectivity index (χ3n) is 11.8. The second-order valence-electron chi connectivity index (χ2n) is 16.6. The number of hydrogen-bond acceptors (Lipinski definition) is 15. The van der Waals surface area contributed by atoms with E-state index in [0.717, 1.165) is 62.5 Å². The Morgan fingerprint density at radius 1 is 0.662 bits per heavy atom. The number of anilines is 2. The van der Waals surface area contributed by atoms with Gasteiger partial charge in [-0.15, -0.1) is 0 Å². The molecule has 3 fully saturated rings. The van der Waals surface area contributed by atoms with E-state index in [-0.39, 0.29) is 22.9 Å². The molecule has 0 spiro atoms. The fourth-order valence-electron chi connectivity index (χ4n) is 8.06. The van der Waals surface area contributed by atoms with Crippen LogP contribution in [0.25, 0.3) is 23.4 Å². The van der Waals surface area contributed by atoms with E-state index in [0.29, 0.717) is 78.7 Å². The van der Waals surface area contributed by atoms with Crippen LogP contribution < -0.4 is 21.8 Å². The van der Waals surface area contributed by atoms with Gasteiger partial charge in [-0.1, -0.05) is 121 Å². The number of amides is 2. The third-order valence-corrected chi connectivity index (χ3v) is 14.5. The van der Waals surface area contributed by atoms with Crippen molar-refractivity contribution >= 4 is 103 Å². The number of carbonyl (C=O) groups is 2. The Kier molecular flexibility index (Phi) is 15.9. The van der Waals surface area contributed by atoms with E-state index in [1.807, 2.05) is 96.6 Å². The maximum absolute atomic E-state index is 13.6. The molecule has 0 unspecified atom stereocenters. The minimum absolute atomic E-state index is 0.207. The van der Waals surface area contributed by atoms with Gasteiger partial charge in [0.05, 0.1) is 53.6 Å². The summed E-state index contributed by atoms with van der Waals surface area (Å²) in [6.07, 6.45) is 12.8. The molecular weight excluding hydrogens is 975 g/mol. The minimum atomic E-state index is -0.249. The summed E-state index contributed by atoms with van der Waals surface area (Å²) in [6.45, 7) is 8.72. The number of thiocarbonyl (C=S) groups is 2. The highest BCUT2D eigenvalue weighted by Gasteiger charge is 2.34. The standard InChI is InChI=1S/C26H27N5O3S2.C25H22N6O2S2/c1-18-6-5-10-30-23(18)28-22(27-9-11-29-12-14-34-15-13-29)20(24(30)32)16-21-25(33)31(26(35)36-21)17-19-7-3-2-4-8-19;32-23-19(15-20-24(33)31(25(34)35-20)16-18-7-2-1-3-8-18)22(28-21-9-4-5-13-30(21)23)27-10-6-12-29-14-11-26-17-29/h2-8,10,16,27H,9,11-15,17H2,1H3;1-5,7-9,11,13-15,17,27H,6,10,12,16H2/b21-16-;20-15-. The van der Waals surface area contributed by atoms with E-state index >= 15 is 0 Å². The van der Waals surface area contributed by atoms with Crippen molar-refractivity contribution < 1.29 is 14.3 Å². The van der Waals surface area contributed by atoms with E-state index in [1.165, 1.54) is 32.3 Å². The van der Waals surface area contributed by atoms with Crippen molar-refractivity contribution in [3.05, 3.63) is 180 Å². The lowest BCUT2D eigenvalue weighted by atomic mass is 10.2. The van der Waals surface area contributed by atoms with Gasteiger partial charge in [0.15, 0.2) is 0 Å². The number of benzene rings is 2. The average molecular weight is 1020 g/mol. The van der Waals surface area contributed by atoms with E-state index in [1.54, 1.807) is 59.0 Å². The van der Waals surface area contributed by atoms with Gasteiger partial charge in [0.25, 0.3) is 22.9 Å². The zero-order valence-corrected chi connectivity index (χ0v) is 41.9. The van der Waals surface area contributed by atoms with Crippen LogP contribution in [-0.4, -0.2) is 109 Å². The van der Waals surface area contributed by atoms with Crippen LogP contribution in [0.2, 0.25) is 0 Å². The molecule has 2 aromatic carbocycles. The molecule has 5 aromatic heterocycles. The Labute approximate surface area is 428 Å². The quantitative estimate of drug-likeness (QED) is 0.0616. The van der Waals surface area contributed by atoms with Crippen LogP contribution in [-0.2, 0) is 34.0 Å². The summed E-state index contributed by atoms with van der Waals surface area (Å²) in [5.74, 6) is 0.491. The molecule has 10 rings (SSSR count). The first-order valence-electron chi connectivity index (χ1n) is 23.0. The second-order valence-corrected chi connectivity index (χ2v) is 20.0. The monoisotopic (exact) mass is 1020 g/mol. The summed E-state index contributed by atoms with van der Waals surface area (Å²) in [5, 5.41) is 6.64. The van der Waals surface area contributed by atoms with Crippen LogP contribution in [0.1, 0.15) is 34.2 Å². The predicted octanol–water partition coefficient (Wildman–Crippen LogP) is 6.94. The maximum Gasteiger partial charge on any atom is 0.267 e. The fourth-order valence-corrected chi connectivity index (χ4v) is 10.5. The maximum atomic E-state index is 13.6. The third kappa shape index (κ3) is 11.7. The van der Waals surface area contributed by atoms with Crippen LogP contribution in [0.15, 0.2) is 142 Å². The first-order valence-corrected chi connectivity index (χ1v) is 25.4. The van der Waals surface area contributed by atoms with Gasteiger partial charge in [0.1, 0.15) is 31.6 Å². The van der Waals surface area contributed by atoms with E-state index in [4.69, 9.17) is 34.2 Å². The summed E-state index contributed by atoms with van der Waals surface area (Å²) in [5.41, 5.74) is 4.19. The van der Waals surface area contributed by atoms with E-state index < -0.39 is 0 Å². The molecular formula is C51H49N11O5S4. The number of aromatic nitrogens is 6. The molecule has 3 aliphatic heterocycles. The summed E-state index contributed by atoms with van der Waals surface area (Å²) in [7, 11) is 0. The fraction of sp³-hybridized carbons (Fsp3) is 0.235. The van der Waals surface area contributed by atoms with Crippen LogP contribution in [0.5, 0.6) is 0 Å². The lowest BCUT2D eigenvalue weighted by Gasteiger charge is -2.26. The highest BCUT2D eigenvalue weighted by Crippen LogP contribution is 2.35. The van der Waals surface area contributed by atoms with Crippen molar-refractivity contribution in [2.45, 2.75) is 33.0 Å². The number of nitrogens with zero attached hydrogens (tertiary/aromatic N) is 9. The predicted molar refractivity (Wildman–Crippen MR) is 289 cm³/mol. The van der Waals surface area contributed by atoms with Crippen molar-refractivity contribution in [2.24, 2.45) is 0 Å². The molecule has 0 bridgehead atoms. The number of carbonyl (C=O) groups excluding carboxylic acids is 2. The summed E-state index contributed by atoms with van der Waals surface area (Å²) < 4.78 is 11.4. The Morgan fingerprint density at radius 2 is 1.24 bits per heavy atom. The molecule has 362 valence electrons. The minimum Gasteiger partial charge on any atom is -0.379 e. The second kappa shape index (κ2) is 23.0. The van der Waals surface area contributed by atoms with Gasteiger partial charge >= 0.3 is 0 Å². The molecule has 71 heavy (non-hydrogen) atoms. The Balaban J connectivity index is 0.000000176. The van der Waals surface area contributed by atoms with Crippen molar-refractivity contribution in [3.8, 4) is 0 Å². The van der Waals surface area contributed by atoms with Crippen LogP contribution in [0.3, 0.4) is 0 Å². The van der Waals surface area contributed by atoms with Crippen LogP contribution in [0.4, 0.5) is 11.6 Å². The molecule has 2 N–H and O–H groups in total. The highest BCUT2D eigenvalue weighted by molar-refractivity contribution is 8.27. The molecule has 0 radical (unpaired) electrons. The number of rotatable bonds is 15. The molecule has 0 aliphatic carbocycles. The lowest BCUT2D eigenvalue weighted by molar-refractivity contribution is -0.123. The SMILES string of the molecule is Cc1cccn2c(=O)c(/C=C3\SC(=S)N(Cc4ccccc4)C3=O)c(NCCN3CCOCC3)nc12.O=C1/C(=C/c2c(NCCCn3ccnc3)nc3ccccn3c2=O)SC(=S)N1Cc1ccccc1. The molecule has 3 saturated heterocycles. The topological polar surface area (TPSA) is 164 Å². The molecule has 7 aromatic rings. The van der Waals surface area contributed by atoms with Crippen molar-refractivity contribution in [3.63, 3.8) is 0 Å². The first-order chi connectivity index (χ1) is 34.6. The molecule has 0 saturated carbocycles. The Bertz CT molecular complexity index is 3290. The number of pyridine rings is 2. The van der Waals surface area contributed by atoms with Gasteiger partial charge in [-0.2, -0.15) is 0 Å². The number of aryl methyl sites for hydroxylation is 2.